The van der Waals surface area contributed by atoms with Crippen molar-refractivity contribution in [1.29, 1.82) is 0 Å². The maximum Gasteiger partial charge on any atom is 0.335 e. The topological polar surface area (TPSA) is 147 Å². The van der Waals surface area contributed by atoms with Crippen molar-refractivity contribution in [2.24, 2.45) is 0 Å². The third-order valence-corrected chi connectivity index (χ3v) is 5.12. The van der Waals surface area contributed by atoms with Crippen molar-refractivity contribution in [3.63, 3.8) is 0 Å². The van der Waals surface area contributed by atoms with Crippen LogP contribution in [0, 0.1) is 6.92 Å². The van der Waals surface area contributed by atoms with E-state index in [0.29, 0.717) is 22.3 Å². The quantitative estimate of drug-likeness (QED) is 0.478. The molecule has 9 nitrogen and oxygen atoms in total. The molecule has 0 bridgehead atoms. The van der Waals surface area contributed by atoms with Crippen LogP contribution in [0.2, 0.25) is 0 Å². The molecule has 0 spiro atoms. The van der Waals surface area contributed by atoms with Gasteiger partial charge in [0.2, 0.25) is 6.29 Å². The van der Waals surface area contributed by atoms with Crippen molar-refractivity contribution in [2.75, 3.05) is 0 Å². The lowest BCUT2D eigenvalue weighted by molar-refractivity contribution is -0.271. The first-order valence-electron chi connectivity index (χ1n) is 9.49. The van der Waals surface area contributed by atoms with Gasteiger partial charge in [-0.05, 0) is 18.6 Å². The lowest BCUT2D eigenvalue weighted by Crippen LogP contribution is -2.61. The van der Waals surface area contributed by atoms with Crippen LogP contribution in [0.5, 0.6) is 5.75 Å². The number of hydrogen-bond donors (Lipinski definition) is 4. The van der Waals surface area contributed by atoms with E-state index >= 15 is 0 Å². The Bertz CT molecular complexity index is 1170. The third kappa shape index (κ3) is 3.91. The van der Waals surface area contributed by atoms with Crippen LogP contribution in [0.25, 0.3) is 22.3 Å². The highest BCUT2D eigenvalue weighted by molar-refractivity contribution is 5.83. The molecule has 0 saturated carbocycles. The molecular formula is C22H20O9. The minimum Gasteiger partial charge on any atom is -0.479 e. The minimum absolute atomic E-state index is 0.121. The molecule has 9 heteroatoms. The summed E-state index contributed by atoms with van der Waals surface area (Å²) in [6, 6.07) is 13.4. The van der Waals surface area contributed by atoms with Gasteiger partial charge in [0.05, 0.1) is 5.39 Å². The monoisotopic (exact) mass is 428 g/mol. The second-order valence-corrected chi connectivity index (χ2v) is 7.31. The van der Waals surface area contributed by atoms with E-state index < -0.39 is 36.7 Å². The van der Waals surface area contributed by atoms with Crippen LogP contribution in [-0.2, 0) is 9.53 Å². The molecule has 1 fully saturated rings. The summed E-state index contributed by atoms with van der Waals surface area (Å²) in [5.41, 5.74) is 1.21. The van der Waals surface area contributed by atoms with Crippen molar-refractivity contribution < 1.29 is 39.1 Å². The number of rotatable bonds is 4. The lowest BCUT2D eigenvalue weighted by atomic mass is 9.99. The molecule has 1 aliphatic heterocycles. The number of aliphatic carboxylic acids is 1. The minimum atomic E-state index is -1.82. The zero-order valence-electron chi connectivity index (χ0n) is 16.3. The molecule has 0 radical (unpaired) electrons. The highest BCUT2D eigenvalue weighted by Gasteiger charge is 2.48. The van der Waals surface area contributed by atoms with E-state index in [-0.39, 0.29) is 16.8 Å². The molecular weight excluding hydrogens is 408 g/mol. The normalized spacial score (nSPS) is 26.0. The number of carboxylic acids is 1. The van der Waals surface area contributed by atoms with Gasteiger partial charge in [0.25, 0.3) is 0 Å². The average molecular weight is 428 g/mol. The standard InChI is InChI=1S/C22H20O9/c1-10-7-12(29-22-19(26)17(24)18(25)20(31-22)21(27)28)8-15-16(10)13(23)9-14(30-15)11-5-3-2-4-6-11/h2-9,17-20,22,24-26H,1H3,(H,27,28)/t17-,18-,19+,20-,22?/m0/s1. The van der Waals surface area contributed by atoms with Gasteiger partial charge in [-0.25, -0.2) is 4.79 Å². The number of benzene rings is 2. The van der Waals surface area contributed by atoms with Crippen molar-refractivity contribution in [3.8, 4) is 17.1 Å². The van der Waals surface area contributed by atoms with Gasteiger partial charge < -0.3 is 34.3 Å². The molecule has 5 atom stereocenters. The first kappa shape index (κ1) is 21.0. The van der Waals surface area contributed by atoms with Gasteiger partial charge in [-0.3, -0.25) is 4.79 Å². The zero-order valence-corrected chi connectivity index (χ0v) is 16.3. The van der Waals surface area contributed by atoms with E-state index in [1.165, 1.54) is 18.2 Å². The molecule has 162 valence electrons. The first-order chi connectivity index (χ1) is 14.8. The molecule has 2 heterocycles. The van der Waals surface area contributed by atoms with Gasteiger partial charge in [-0.15, -0.1) is 0 Å². The van der Waals surface area contributed by atoms with E-state index in [0.717, 1.165) is 0 Å². The van der Waals surface area contributed by atoms with E-state index in [4.69, 9.17) is 19.0 Å². The van der Waals surface area contributed by atoms with Crippen molar-refractivity contribution >= 4 is 16.9 Å². The smallest absolute Gasteiger partial charge is 0.335 e. The van der Waals surface area contributed by atoms with Crippen molar-refractivity contribution in [3.05, 3.63) is 64.3 Å². The average Bonchev–Trinajstić information content (AvgIpc) is 2.74. The molecule has 31 heavy (non-hydrogen) atoms. The van der Waals surface area contributed by atoms with Crippen LogP contribution in [0.15, 0.2) is 57.7 Å². The van der Waals surface area contributed by atoms with Crippen LogP contribution in [-0.4, -0.2) is 57.1 Å². The molecule has 1 saturated heterocycles. The van der Waals surface area contributed by atoms with Gasteiger partial charge in [-0.1, -0.05) is 30.3 Å². The summed E-state index contributed by atoms with van der Waals surface area (Å²) < 4.78 is 16.6. The van der Waals surface area contributed by atoms with Crippen molar-refractivity contribution in [2.45, 2.75) is 37.6 Å². The summed E-state index contributed by atoms with van der Waals surface area (Å²) >= 11 is 0. The zero-order chi connectivity index (χ0) is 22.3. The predicted octanol–water partition coefficient (Wildman–Crippen LogP) is 1.04. The van der Waals surface area contributed by atoms with E-state index in [1.54, 1.807) is 19.1 Å². The molecule has 4 rings (SSSR count). The van der Waals surface area contributed by atoms with Gasteiger partial charge in [0.1, 0.15) is 35.4 Å². The second-order valence-electron chi connectivity index (χ2n) is 7.31. The summed E-state index contributed by atoms with van der Waals surface area (Å²) in [5.74, 6) is -1.04. The van der Waals surface area contributed by atoms with Gasteiger partial charge in [0.15, 0.2) is 11.5 Å². The fourth-order valence-corrected chi connectivity index (χ4v) is 3.55. The van der Waals surface area contributed by atoms with E-state index in [1.807, 2.05) is 18.2 Å². The van der Waals surface area contributed by atoms with Crippen LogP contribution < -0.4 is 10.2 Å². The maximum absolute atomic E-state index is 12.7. The Balaban J connectivity index is 1.71. The maximum atomic E-state index is 12.7. The number of aliphatic hydroxyl groups is 3. The van der Waals surface area contributed by atoms with E-state index in [2.05, 4.69) is 0 Å². The Kier molecular flexibility index (Phi) is 5.50. The Morgan fingerprint density at radius 2 is 1.71 bits per heavy atom. The Morgan fingerprint density at radius 3 is 2.39 bits per heavy atom. The summed E-state index contributed by atoms with van der Waals surface area (Å²) in [6.07, 6.45) is -8.67. The fourth-order valence-electron chi connectivity index (χ4n) is 3.55. The number of aliphatic hydroxyl groups excluding tert-OH is 3. The largest absolute Gasteiger partial charge is 0.479 e. The molecule has 1 aliphatic rings. The van der Waals surface area contributed by atoms with Crippen molar-refractivity contribution in [1.82, 2.24) is 0 Å². The lowest BCUT2D eigenvalue weighted by Gasteiger charge is -2.38. The number of fused-ring (bicyclic) bond motifs is 1. The molecule has 2 aromatic carbocycles. The summed E-state index contributed by atoms with van der Waals surface area (Å²) in [6.45, 7) is 1.67. The molecule has 0 aliphatic carbocycles. The number of hydrogen-bond acceptors (Lipinski definition) is 8. The highest BCUT2D eigenvalue weighted by Crippen LogP contribution is 2.30. The van der Waals surface area contributed by atoms with Gasteiger partial charge >= 0.3 is 5.97 Å². The Labute approximate surface area is 175 Å². The molecule has 3 aromatic rings. The Morgan fingerprint density at radius 1 is 1.00 bits per heavy atom. The highest BCUT2D eigenvalue weighted by atomic mass is 16.7. The number of aryl methyl sites for hydroxylation is 1. The van der Waals surface area contributed by atoms with E-state index in [9.17, 15) is 24.9 Å². The van der Waals surface area contributed by atoms with Gasteiger partial charge in [0, 0.05) is 17.7 Å². The predicted molar refractivity (Wildman–Crippen MR) is 108 cm³/mol. The second kappa shape index (κ2) is 8.12. The molecule has 0 amide bonds. The number of carboxylic acid groups (broad SMARTS) is 1. The molecule has 4 N–H and O–H groups in total. The first-order valence-corrected chi connectivity index (χ1v) is 9.49. The summed E-state index contributed by atoms with van der Waals surface area (Å²) in [5, 5.41) is 39.4. The third-order valence-electron chi connectivity index (χ3n) is 5.12. The van der Waals surface area contributed by atoms with Crippen LogP contribution >= 0.6 is 0 Å². The fraction of sp³-hybridized carbons (Fsp3) is 0.273. The Hall–Kier alpha value is -3.24. The SMILES string of the molecule is Cc1cc(OC2O[C@H](C(=O)O)[C@@H](O)[C@H](O)[C@H]2O)cc2oc(-c3ccccc3)cc(=O)c12. The van der Waals surface area contributed by atoms with Crippen LogP contribution in [0.3, 0.4) is 0 Å². The summed E-state index contributed by atoms with van der Waals surface area (Å²) in [7, 11) is 0. The number of ether oxygens (including phenoxy) is 2. The number of carbonyl (C=O) groups is 1. The van der Waals surface area contributed by atoms with Gasteiger partial charge in [-0.2, -0.15) is 0 Å². The molecule has 1 unspecified atom stereocenters. The van der Waals surface area contributed by atoms with Crippen LogP contribution in [0.4, 0.5) is 0 Å². The van der Waals surface area contributed by atoms with Crippen LogP contribution in [0.1, 0.15) is 5.56 Å². The summed E-state index contributed by atoms with van der Waals surface area (Å²) in [4.78, 5) is 23.9. The molecule has 1 aromatic heterocycles.